The van der Waals surface area contributed by atoms with Crippen LogP contribution in [-0.4, -0.2) is 16.6 Å². The smallest absolute Gasteiger partial charge is 0.243 e. The van der Waals surface area contributed by atoms with Gasteiger partial charge in [0.25, 0.3) is 0 Å². The van der Waals surface area contributed by atoms with Gasteiger partial charge < -0.3 is 4.42 Å². The second-order valence-corrected chi connectivity index (χ2v) is 7.05. The van der Waals surface area contributed by atoms with Crippen molar-refractivity contribution >= 4 is 27.5 Å². The van der Waals surface area contributed by atoms with Crippen molar-refractivity contribution in [2.45, 2.75) is 32.7 Å². The van der Waals surface area contributed by atoms with E-state index in [1.807, 2.05) is 50.2 Å². The number of hydrogen-bond donors (Lipinski definition) is 0. The Kier molecular flexibility index (Phi) is 4.66. The summed E-state index contributed by atoms with van der Waals surface area (Å²) in [6, 6.07) is 11.7. The van der Waals surface area contributed by atoms with Gasteiger partial charge in [0, 0.05) is 17.3 Å². The van der Waals surface area contributed by atoms with Gasteiger partial charge in [-0.1, -0.05) is 41.9 Å². The molecule has 0 aliphatic carbocycles. The molecule has 0 saturated heterocycles. The van der Waals surface area contributed by atoms with Crippen molar-refractivity contribution in [2.75, 3.05) is 0 Å². The van der Waals surface area contributed by atoms with Crippen molar-refractivity contribution in [3.8, 4) is 0 Å². The fraction of sp³-hybridized carbons (Fsp3) is 0.333. The number of hydrogen-bond acceptors (Lipinski definition) is 3. The van der Waals surface area contributed by atoms with Crippen LogP contribution in [0.25, 0.3) is 0 Å². The number of halogens is 1. The summed E-state index contributed by atoms with van der Waals surface area (Å²) >= 11 is 3.45. The molecular formula is C18H19BrN2O2. The first-order valence-electron chi connectivity index (χ1n) is 7.73. The molecule has 2 aromatic rings. The maximum Gasteiger partial charge on any atom is 0.243 e. The minimum atomic E-state index is -0.0746. The van der Waals surface area contributed by atoms with E-state index in [1.165, 1.54) is 0 Å². The van der Waals surface area contributed by atoms with E-state index in [0.717, 1.165) is 21.5 Å². The third-order valence-electron chi connectivity index (χ3n) is 3.81. The normalized spacial score (nSPS) is 17.7. The topological polar surface area (TPSA) is 45.8 Å². The van der Waals surface area contributed by atoms with Crippen molar-refractivity contribution < 1.29 is 9.21 Å². The van der Waals surface area contributed by atoms with Crippen LogP contribution in [0.5, 0.6) is 0 Å². The van der Waals surface area contributed by atoms with Gasteiger partial charge in [-0.3, -0.25) is 4.79 Å². The molecule has 0 fully saturated rings. The average molecular weight is 375 g/mol. The summed E-state index contributed by atoms with van der Waals surface area (Å²) in [5, 5.41) is 6.18. The molecule has 0 bridgehead atoms. The van der Waals surface area contributed by atoms with Crippen molar-refractivity contribution in [2.24, 2.45) is 11.0 Å². The third kappa shape index (κ3) is 3.55. The lowest BCUT2D eigenvalue weighted by molar-refractivity contribution is -0.133. The molecule has 0 spiro atoms. The van der Waals surface area contributed by atoms with Gasteiger partial charge in [-0.05, 0) is 35.7 Å². The van der Waals surface area contributed by atoms with Crippen LogP contribution in [0.1, 0.15) is 44.1 Å². The van der Waals surface area contributed by atoms with E-state index in [1.54, 1.807) is 11.3 Å². The number of rotatable bonds is 4. The number of furan rings is 1. The fourth-order valence-electron chi connectivity index (χ4n) is 2.72. The molecular weight excluding hydrogens is 356 g/mol. The summed E-state index contributed by atoms with van der Waals surface area (Å²) in [6.45, 7) is 4.08. The Labute approximate surface area is 144 Å². The first-order chi connectivity index (χ1) is 11.0. The maximum absolute atomic E-state index is 12.6. The van der Waals surface area contributed by atoms with Gasteiger partial charge in [0.05, 0.1) is 12.3 Å². The van der Waals surface area contributed by atoms with Crippen molar-refractivity contribution in [1.29, 1.82) is 0 Å². The second kappa shape index (κ2) is 6.71. The van der Waals surface area contributed by atoms with Crippen LogP contribution >= 0.6 is 15.9 Å². The van der Waals surface area contributed by atoms with Crippen LogP contribution in [0.4, 0.5) is 0 Å². The Morgan fingerprint density at radius 3 is 2.70 bits per heavy atom. The second-order valence-electron chi connectivity index (χ2n) is 6.13. The Bertz CT molecular complexity index is 705. The molecule has 1 aromatic heterocycles. The molecule has 3 rings (SSSR count). The van der Waals surface area contributed by atoms with Gasteiger partial charge >= 0.3 is 0 Å². The molecule has 1 atom stereocenters. The average Bonchev–Trinajstić information content (AvgIpc) is 3.16. The van der Waals surface area contributed by atoms with Gasteiger partial charge in [0.1, 0.15) is 11.5 Å². The van der Waals surface area contributed by atoms with E-state index in [0.29, 0.717) is 18.8 Å². The third-order valence-corrected chi connectivity index (χ3v) is 4.34. The van der Waals surface area contributed by atoms with E-state index in [-0.39, 0.29) is 11.9 Å². The summed E-state index contributed by atoms with van der Waals surface area (Å²) < 4.78 is 6.47. The summed E-state index contributed by atoms with van der Waals surface area (Å²) in [4.78, 5) is 12.6. The van der Waals surface area contributed by atoms with Crippen LogP contribution in [0.15, 0.2) is 56.7 Å². The number of amides is 1. The Morgan fingerprint density at radius 1 is 1.35 bits per heavy atom. The Morgan fingerprint density at radius 2 is 2.09 bits per heavy atom. The van der Waals surface area contributed by atoms with Crippen LogP contribution in [0.3, 0.4) is 0 Å². The standard InChI is InChI=1S/C18H19BrN2O2/c1-12(2)10-18(22)21-16(13-5-7-14(19)8-6-13)11-15(20-21)17-4-3-9-23-17/h3-9,12,16H,10-11H2,1-2H3/t16-/m1/s1. The molecule has 1 aromatic carbocycles. The first-order valence-corrected chi connectivity index (χ1v) is 8.53. The van der Waals surface area contributed by atoms with Crippen molar-refractivity contribution in [1.82, 2.24) is 5.01 Å². The van der Waals surface area contributed by atoms with E-state index >= 15 is 0 Å². The van der Waals surface area contributed by atoms with Gasteiger partial charge in [-0.25, -0.2) is 5.01 Å². The zero-order valence-corrected chi connectivity index (χ0v) is 14.8. The predicted molar refractivity (Wildman–Crippen MR) is 93.0 cm³/mol. The summed E-state index contributed by atoms with van der Waals surface area (Å²) in [6.07, 6.45) is 2.78. The largest absolute Gasteiger partial charge is 0.463 e. The summed E-state index contributed by atoms with van der Waals surface area (Å²) in [5.41, 5.74) is 1.90. The Balaban J connectivity index is 1.91. The lowest BCUT2D eigenvalue weighted by Gasteiger charge is -2.22. The summed E-state index contributed by atoms with van der Waals surface area (Å²) in [5.74, 6) is 1.08. The molecule has 0 N–H and O–H groups in total. The maximum atomic E-state index is 12.6. The monoisotopic (exact) mass is 374 g/mol. The number of benzene rings is 1. The zero-order valence-electron chi connectivity index (χ0n) is 13.2. The molecule has 0 saturated carbocycles. The predicted octanol–water partition coefficient (Wildman–Crippen LogP) is 4.77. The van der Waals surface area contributed by atoms with Crippen LogP contribution in [0.2, 0.25) is 0 Å². The highest BCUT2D eigenvalue weighted by atomic mass is 79.9. The van der Waals surface area contributed by atoms with E-state index in [9.17, 15) is 4.79 Å². The summed E-state index contributed by atoms with van der Waals surface area (Å²) in [7, 11) is 0. The van der Waals surface area contributed by atoms with Crippen LogP contribution in [-0.2, 0) is 4.79 Å². The molecule has 4 nitrogen and oxygen atoms in total. The van der Waals surface area contributed by atoms with Crippen molar-refractivity contribution in [3.05, 3.63) is 58.5 Å². The molecule has 2 heterocycles. The molecule has 120 valence electrons. The minimum Gasteiger partial charge on any atom is -0.463 e. The number of nitrogens with zero attached hydrogens (tertiary/aromatic N) is 2. The SMILES string of the molecule is CC(C)CC(=O)N1N=C(c2ccco2)C[C@@H]1c1ccc(Br)cc1. The van der Waals surface area contributed by atoms with E-state index < -0.39 is 0 Å². The van der Waals surface area contributed by atoms with Crippen LogP contribution < -0.4 is 0 Å². The molecule has 0 radical (unpaired) electrons. The molecule has 1 amide bonds. The van der Waals surface area contributed by atoms with E-state index in [2.05, 4.69) is 21.0 Å². The molecule has 23 heavy (non-hydrogen) atoms. The highest BCUT2D eigenvalue weighted by Crippen LogP contribution is 2.34. The van der Waals surface area contributed by atoms with Crippen molar-refractivity contribution in [3.63, 3.8) is 0 Å². The molecule has 0 unspecified atom stereocenters. The quantitative estimate of drug-likeness (QED) is 0.773. The highest BCUT2D eigenvalue weighted by Gasteiger charge is 2.33. The van der Waals surface area contributed by atoms with Gasteiger partial charge in [-0.15, -0.1) is 0 Å². The Hall–Kier alpha value is -1.88. The van der Waals surface area contributed by atoms with Crippen LogP contribution in [0, 0.1) is 5.92 Å². The number of hydrazone groups is 1. The number of carbonyl (C=O) groups is 1. The first kappa shape index (κ1) is 16.0. The lowest BCUT2D eigenvalue weighted by atomic mass is 10.0. The van der Waals surface area contributed by atoms with Gasteiger partial charge in [0.2, 0.25) is 5.91 Å². The lowest BCUT2D eigenvalue weighted by Crippen LogP contribution is -2.27. The van der Waals surface area contributed by atoms with Gasteiger partial charge in [0.15, 0.2) is 0 Å². The van der Waals surface area contributed by atoms with E-state index in [4.69, 9.17) is 4.42 Å². The number of carbonyl (C=O) groups excluding carboxylic acids is 1. The fourth-order valence-corrected chi connectivity index (χ4v) is 2.98. The van der Waals surface area contributed by atoms with Gasteiger partial charge in [-0.2, -0.15) is 5.10 Å². The molecule has 5 heteroatoms. The zero-order chi connectivity index (χ0) is 16.4. The minimum absolute atomic E-state index is 0.0504. The molecule has 1 aliphatic heterocycles. The molecule has 1 aliphatic rings. The highest BCUT2D eigenvalue weighted by molar-refractivity contribution is 9.10.